The molecule has 9 heteroatoms. The Balaban J connectivity index is 1.65. The summed E-state index contributed by atoms with van der Waals surface area (Å²) in [7, 11) is 1.54. The number of carbonyl (C=O) groups is 3. The zero-order chi connectivity index (χ0) is 20.8. The molecule has 1 unspecified atom stereocenters. The average Bonchev–Trinajstić information content (AvgIpc) is 2.71. The summed E-state index contributed by atoms with van der Waals surface area (Å²) < 4.78 is 18.1. The van der Waals surface area contributed by atoms with Crippen LogP contribution in [0.3, 0.4) is 0 Å². The number of halogens is 1. The van der Waals surface area contributed by atoms with Gasteiger partial charge in [0, 0.05) is 24.5 Å². The number of carbonyl (C=O) groups excluding carboxylic acids is 3. The monoisotopic (exact) mass is 400 g/mol. The van der Waals surface area contributed by atoms with Gasteiger partial charge < -0.3 is 25.6 Å². The van der Waals surface area contributed by atoms with Gasteiger partial charge in [-0.1, -0.05) is 0 Å². The maximum atomic E-state index is 13.0. The number of methoxy groups -OCH3 is 1. The summed E-state index contributed by atoms with van der Waals surface area (Å²) in [5.41, 5.74) is 0.943. The maximum absolute atomic E-state index is 13.0. The minimum atomic E-state index is -0.956. The molecule has 1 atom stereocenters. The van der Waals surface area contributed by atoms with Crippen LogP contribution in [-0.2, 0) is 9.59 Å². The Hall–Kier alpha value is -3.62. The highest BCUT2D eigenvalue weighted by molar-refractivity contribution is 5.99. The topological polar surface area (TPSA) is 99.8 Å². The zero-order valence-electron chi connectivity index (χ0n) is 15.8. The number of hydrogen-bond donors (Lipinski definition) is 3. The molecular weight excluding hydrogens is 379 g/mol. The second-order valence-corrected chi connectivity index (χ2v) is 6.42. The lowest BCUT2D eigenvalue weighted by atomic mass is 10.1. The van der Waals surface area contributed by atoms with Gasteiger partial charge in [-0.25, -0.2) is 9.18 Å². The van der Waals surface area contributed by atoms with Gasteiger partial charge >= 0.3 is 6.03 Å². The number of nitrogens with one attached hydrogen (secondary N) is 3. The summed E-state index contributed by atoms with van der Waals surface area (Å²) >= 11 is 0. The molecule has 3 N–H and O–H groups in total. The largest absolute Gasteiger partial charge is 0.497 e. The molecule has 2 aromatic rings. The van der Waals surface area contributed by atoms with Gasteiger partial charge in [0.25, 0.3) is 0 Å². The number of anilines is 2. The van der Waals surface area contributed by atoms with E-state index in [2.05, 4.69) is 16.0 Å². The number of piperazine rings is 1. The third-order valence-electron chi connectivity index (χ3n) is 4.44. The summed E-state index contributed by atoms with van der Waals surface area (Å²) in [4.78, 5) is 38.6. The van der Waals surface area contributed by atoms with Gasteiger partial charge in [-0.15, -0.1) is 0 Å². The van der Waals surface area contributed by atoms with E-state index in [4.69, 9.17) is 4.74 Å². The molecular formula is C20H21FN4O4. The average molecular weight is 400 g/mol. The SMILES string of the molecule is COc1ccc(NC(=O)CC2C(=O)NCCN2C(=O)Nc2ccc(F)cc2)cc1. The first-order valence-corrected chi connectivity index (χ1v) is 9.01. The smallest absolute Gasteiger partial charge is 0.322 e. The van der Waals surface area contributed by atoms with Crippen LogP contribution in [0.4, 0.5) is 20.6 Å². The van der Waals surface area contributed by atoms with Crippen molar-refractivity contribution in [3.63, 3.8) is 0 Å². The van der Waals surface area contributed by atoms with Crippen molar-refractivity contribution in [3.8, 4) is 5.75 Å². The third kappa shape index (κ3) is 5.22. The Morgan fingerprint density at radius 3 is 2.38 bits per heavy atom. The van der Waals surface area contributed by atoms with Gasteiger partial charge in [0.05, 0.1) is 13.5 Å². The van der Waals surface area contributed by atoms with Crippen LogP contribution in [0.1, 0.15) is 6.42 Å². The fourth-order valence-electron chi connectivity index (χ4n) is 2.95. The predicted octanol–water partition coefficient (Wildman–Crippen LogP) is 2.20. The van der Waals surface area contributed by atoms with Crippen LogP contribution in [0.15, 0.2) is 48.5 Å². The Kier molecular flexibility index (Phi) is 6.28. The molecule has 0 spiro atoms. The zero-order valence-corrected chi connectivity index (χ0v) is 15.8. The summed E-state index contributed by atoms with van der Waals surface area (Å²) in [5.74, 6) is -0.584. The van der Waals surface area contributed by atoms with Crippen LogP contribution in [0, 0.1) is 5.82 Å². The van der Waals surface area contributed by atoms with Crippen molar-refractivity contribution in [2.45, 2.75) is 12.5 Å². The Bertz CT molecular complexity index is 886. The van der Waals surface area contributed by atoms with Gasteiger partial charge in [-0.3, -0.25) is 9.59 Å². The van der Waals surface area contributed by atoms with Gasteiger partial charge in [-0.05, 0) is 48.5 Å². The molecule has 3 rings (SSSR count). The van der Waals surface area contributed by atoms with Crippen molar-refractivity contribution in [1.29, 1.82) is 0 Å². The highest BCUT2D eigenvalue weighted by Crippen LogP contribution is 2.17. The number of nitrogens with zero attached hydrogens (tertiary/aromatic N) is 1. The van der Waals surface area contributed by atoms with E-state index in [1.807, 2.05) is 0 Å². The molecule has 1 heterocycles. The molecule has 2 aromatic carbocycles. The van der Waals surface area contributed by atoms with E-state index in [0.717, 1.165) is 0 Å². The molecule has 0 aliphatic carbocycles. The molecule has 0 aromatic heterocycles. The molecule has 29 heavy (non-hydrogen) atoms. The summed E-state index contributed by atoms with van der Waals surface area (Å²) in [6, 6.07) is 10.5. The second-order valence-electron chi connectivity index (χ2n) is 6.42. The van der Waals surface area contributed by atoms with Crippen molar-refractivity contribution in [2.75, 3.05) is 30.8 Å². The van der Waals surface area contributed by atoms with Crippen molar-refractivity contribution < 1.29 is 23.5 Å². The van der Waals surface area contributed by atoms with Crippen molar-refractivity contribution in [3.05, 3.63) is 54.3 Å². The van der Waals surface area contributed by atoms with Crippen molar-refractivity contribution in [2.24, 2.45) is 0 Å². The number of urea groups is 1. The van der Waals surface area contributed by atoms with Gasteiger partial charge in [0.2, 0.25) is 11.8 Å². The molecule has 0 saturated carbocycles. The second kappa shape index (κ2) is 9.05. The molecule has 1 fully saturated rings. The van der Waals surface area contributed by atoms with E-state index in [1.54, 1.807) is 31.4 Å². The Morgan fingerprint density at radius 1 is 1.10 bits per heavy atom. The maximum Gasteiger partial charge on any atom is 0.322 e. The van der Waals surface area contributed by atoms with Crippen molar-refractivity contribution >= 4 is 29.2 Å². The fourth-order valence-corrected chi connectivity index (χ4v) is 2.95. The van der Waals surface area contributed by atoms with Crippen LogP contribution < -0.4 is 20.7 Å². The quantitative estimate of drug-likeness (QED) is 0.716. The standard InChI is InChI=1S/C20H21FN4O4/c1-29-16-8-6-14(7-9-16)23-18(26)12-17-19(27)22-10-11-25(17)20(28)24-15-4-2-13(21)3-5-15/h2-9,17H,10-12H2,1H3,(H,22,27)(H,23,26)(H,24,28). The molecule has 1 aliphatic rings. The number of benzene rings is 2. The molecule has 0 radical (unpaired) electrons. The highest BCUT2D eigenvalue weighted by atomic mass is 19.1. The van der Waals surface area contributed by atoms with E-state index in [-0.39, 0.29) is 19.5 Å². The lowest BCUT2D eigenvalue weighted by Gasteiger charge is -2.34. The van der Waals surface area contributed by atoms with Crippen LogP contribution in [0.25, 0.3) is 0 Å². The number of hydrogen-bond acceptors (Lipinski definition) is 4. The number of amides is 4. The molecule has 1 aliphatic heterocycles. The normalized spacial score (nSPS) is 16.0. The number of ether oxygens (including phenoxy) is 1. The minimum absolute atomic E-state index is 0.200. The van der Waals surface area contributed by atoms with Crippen LogP contribution in [0.5, 0.6) is 5.75 Å². The van der Waals surface area contributed by atoms with E-state index in [0.29, 0.717) is 17.1 Å². The van der Waals surface area contributed by atoms with E-state index >= 15 is 0 Å². The molecule has 4 amide bonds. The molecule has 1 saturated heterocycles. The van der Waals surface area contributed by atoms with Crippen LogP contribution in [-0.4, -0.2) is 49.0 Å². The van der Waals surface area contributed by atoms with Crippen molar-refractivity contribution in [1.82, 2.24) is 10.2 Å². The minimum Gasteiger partial charge on any atom is -0.497 e. The summed E-state index contributed by atoms with van der Waals surface area (Å²) in [6.07, 6.45) is -0.200. The first kappa shape index (κ1) is 20.1. The molecule has 8 nitrogen and oxygen atoms in total. The summed E-state index contributed by atoms with van der Waals surface area (Å²) in [6.45, 7) is 0.533. The predicted molar refractivity (Wildman–Crippen MR) is 105 cm³/mol. The van der Waals surface area contributed by atoms with Gasteiger partial charge in [0.1, 0.15) is 17.6 Å². The Morgan fingerprint density at radius 2 is 1.72 bits per heavy atom. The first-order valence-electron chi connectivity index (χ1n) is 9.01. The Labute approximate surface area is 167 Å². The van der Waals surface area contributed by atoms with Crippen LogP contribution in [0.2, 0.25) is 0 Å². The van der Waals surface area contributed by atoms with Gasteiger partial charge in [0.15, 0.2) is 0 Å². The highest BCUT2D eigenvalue weighted by Gasteiger charge is 2.34. The lowest BCUT2D eigenvalue weighted by molar-refractivity contribution is -0.130. The first-order chi connectivity index (χ1) is 14.0. The molecule has 152 valence electrons. The van der Waals surface area contributed by atoms with E-state index < -0.39 is 29.7 Å². The van der Waals surface area contributed by atoms with E-state index in [1.165, 1.54) is 29.2 Å². The molecule has 0 bridgehead atoms. The van der Waals surface area contributed by atoms with E-state index in [9.17, 15) is 18.8 Å². The lowest BCUT2D eigenvalue weighted by Crippen LogP contribution is -2.59. The summed E-state index contributed by atoms with van der Waals surface area (Å²) in [5, 5.41) is 7.99. The third-order valence-corrected chi connectivity index (χ3v) is 4.44. The number of rotatable bonds is 5. The van der Waals surface area contributed by atoms with Gasteiger partial charge in [-0.2, -0.15) is 0 Å². The fraction of sp³-hybridized carbons (Fsp3) is 0.250. The van der Waals surface area contributed by atoms with Crippen LogP contribution >= 0.6 is 0 Å².